The normalized spacial score (nSPS) is 14.2. The Morgan fingerprint density at radius 2 is 2.20 bits per heavy atom. The van der Waals surface area contributed by atoms with Crippen molar-refractivity contribution in [2.75, 3.05) is 13.2 Å². The van der Waals surface area contributed by atoms with Gasteiger partial charge in [0.05, 0.1) is 0 Å². The average Bonchev–Trinajstić information content (AvgIpc) is 3.27. The van der Waals surface area contributed by atoms with E-state index in [1.54, 1.807) is 0 Å². The molecule has 3 heteroatoms. The van der Waals surface area contributed by atoms with E-state index in [2.05, 4.69) is 23.7 Å². The molecule has 0 amide bonds. The van der Waals surface area contributed by atoms with E-state index < -0.39 is 0 Å². The molecule has 0 saturated heterocycles. The van der Waals surface area contributed by atoms with Gasteiger partial charge in [-0.25, -0.2) is 4.39 Å². The number of aliphatic hydroxyl groups is 1. The number of rotatable bonds is 6. The van der Waals surface area contributed by atoms with E-state index in [4.69, 9.17) is 5.11 Å². The fraction of sp³-hybridized carbons (Fsp3) is 0.529. The molecular formula is C17H22FNO. The third kappa shape index (κ3) is 4.33. The lowest BCUT2D eigenvalue weighted by Crippen LogP contribution is -2.27. The summed E-state index contributed by atoms with van der Waals surface area (Å²) in [5, 5.41) is 8.81. The van der Waals surface area contributed by atoms with Gasteiger partial charge in [-0.3, -0.25) is 4.90 Å². The summed E-state index contributed by atoms with van der Waals surface area (Å²) in [5.41, 5.74) is 1.75. The van der Waals surface area contributed by atoms with Crippen LogP contribution in [0.1, 0.15) is 43.7 Å². The average molecular weight is 275 g/mol. The summed E-state index contributed by atoms with van der Waals surface area (Å²) >= 11 is 0. The predicted octanol–water partition coefficient (Wildman–Crippen LogP) is 2.93. The van der Waals surface area contributed by atoms with Gasteiger partial charge in [0.25, 0.3) is 0 Å². The van der Waals surface area contributed by atoms with Crippen molar-refractivity contribution in [3.63, 3.8) is 0 Å². The molecule has 1 aliphatic rings. The van der Waals surface area contributed by atoms with E-state index in [1.807, 2.05) is 6.07 Å². The molecule has 1 fully saturated rings. The summed E-state index contributed by atoms with van der Waals surface area (Å²) in [6.07, 6.45) is 4.91. The fourth-order valence-corrected chi connectivity index (χ4v) is 2.35. The van der Waals surface area contributed by atoms with E-state index in [0.29, 0.717) is 11.6 Å². The molecule has 20 heavy (non-hydrogen) atoms. The maximum Gasteiger partial charge on any atom is 0.124 e. The van der Waals surface area contributed by atoms with Crippen molar-refractivity contribution in [3.8, 4) is 11.8 Å². The smallest absolute Gasteiger partial charge is 0.124 e. The zero-order valence-electron chi connectivity index (χ0n) is 12.0. The molecule has 0 aliphatic heterocycles. The molecule has 1 N–H and O–H groups in total. The molecular weight excluding hydrogens is 253 g/mol. The van der Waals surface area contributed by atoms with E-state index in [9.17, 15) is 4.39 Å². The van der Waals surface area contributed by atoms with E-state index in [-0.39, 0.29) is 12.4 Å². The zero-order chi connectivity index (χ0) is 14.4. The number of benzene rings is 1. The first-order valence-corrected chi connectivity index (χ1v) is 7.36. The van der Waals surface area contributed by atoms with Crippen LogP contribution in [0.5, 0.6) is 0 Å². The van der Waals surface area contributed by atoms with Gasteiger partial charge in [0, 0.05) is 18.2 Å². The van der Waals surface area contributed by atoms with Crippen molar-refractivity contribution in [2.45, 2.75) is 45.2 Å². The van der Waals surface area contributed by atoms with Gasteiger partial charge in [0.15, 0.2) is 0 Å². The van der Waals surface area contributed by atoms with Crippen molar-refractivity contribution >= 4 is 0 Å². The molecule has 0 bridgehead atoms. The molecule has 1 aliphatic carbocycles. The number of aliphatic hydroxyl groups excluding tert-OH is 1. The van der Waals surface area contributed by atoms with Crippen LogP contribution in [-0.2, 0) is 6.54 Å². The Balaban J connectivity index is 2.13. The van der Waals surface area contributed by atoms with Crippen LogP contribution in [0.15, 0.2) is 18.2 Å². The van der Waals surface area contributed by atoms with E-state index >= 15 is 0 Å². The summed E-state index contributed by atoms with van der Waals surface area (Å²) in [4.78, 5) is 2.47. The van der Waals surface area contributed by atoms with Crippen LogP contribution in [0.25, 0.3) is 0 Å². The number of hydrogen-bond donors (Lipinski definition) is 1. The summed E-state index contributed by atoms with van der Waals surface area (Å²) in [5.74, 6) is 5.20. The van der Waals surface area contributed by atoms with Gasteiger partial charge < -0.3 is 5.11 Å². The molecule has 2 nitrogen and oxygen atoms in total. The maximum absolute atomic E-state index is 13.3. The molecule has 108 valence electrons. The SMILES string of the molecule is CCCCN(Cc1ccc(F)cc1C#CCO)C1CC1. The predicted molar refractivity (Wildman–Crippen MR) is 78.7 cm³/mol. The lowest BCUT2D eigenvalue weighted by Gasteiger charge is -2.22. The van der Waals surface area contributed by atoms with Crippen LogP contribution in [0.3, 0.4) is 0 Å². The summed E-state index contributed by atoms with van der Waals surface area (Å²) in [6, 6.07) is 5.45. The van der Waals surface area contributed by atoms with E-state index in [0.717, 1.165) is 18.7 Å². The molecule has 0 spiro atoms. The van der Waals surface area contributed by atoms with Crippen LogP contribution in [0.2, 0.25) is 0 Å². The topological polar surface area (TPSA) is 23.5 Å². The number of unbranched alkanes of at least 4 members (excludes halogenated alkanes) is 1. The Labute approximate surface area is 120 Å². The van der Waals surface area contributed by atoms with Crippen molar-refractivity contribution in [1.82, 2.24) is 4.90 Å². The molecule has 0 heterocycles. The maximum atomic E-state index is 13.3. The van der Waals surface area contributed by atoms with Crippen molar-refractivity contribution in [1.29, 1.82) is 0 Å². The summed E-state index contributed by atoms with van der Waals surface area (Å²) in [6.45, 7) is 3.91. The summed E-state index contributed by atoms with van der Waals surface area (Å²) < 4.78 is 13.3. The Morgan fingerprint density at radius 1 is 1.40 bits per heavy atom. The lowest BCUT2D eigenvalue weighted by atomic mass is 10.1. The van der Waals surface area contributed by atoms with Crippen LogP contribution in [-0.4, -0.2) is 29.2 Å². The summed E-state index contributed by atoms with van der Waals surface area (Å²) in [7, 11) is 0. The van der Waals surface area contributed by atoms with Gasteiger partial charge in [0.1, 0.15) is 12.4 Å². The third-order valence-electron chi connectivity index (χ3n) is 3.61. The Morgan fingerprint density at radius 3 is 2.85 bits per heavy atom. The first kappa shape index (κ1) is 15.0. The Bertz CT molecular complexity index is 499. The molecule has 2 rings (SSSR count). The second-order valence-electron chi connectivity index (χ2n) is 5.32. The molecule has 0 unspecified atom stereocenters. The highest BCUT2D eigenvalue weighted by Crippen LogP contribution is 2.29. The molecule has 0 radical (unpaired) electrons. The number of nitrogens with zero attached hydrogens (tertiary/aromatic N) is 1. The minimum atomic E-state index is -0.275. The van der Waals surface area contributed by atoms with E-state index in [1.165, 1.54) is 37.8 Å². The van der Waals surface area contributed by atoms with Crippen molar-refractivity contribution in [3.05, 3.63) is 35.1 Å². The molecule has 0 aromatic heterocycles. The van der Waals surface area contributed by atoms with Gasteiger partial charge in [-0.1, -0.05) is 31.3 Å². The van der Waals surface area contributed by atoms with Crippen LogP contribution in [0.4, 0.5) is 4.39 Å². The van der Waals surface area contributed by atoms with Crippen molar-refractivity contribution < 1.29 is 9.50 Å². The van der Waals surface area contributed by atoms with Gasteiger partial charge >= 0.3 is 0 Å². The minimum absolute atomic E-state index is 0.196. The molecule has 1 aromatic carbocycles. The quantitative estimate of drug-likeness (QED) is 0.807. The van der Waals surface area contributed by atoms with Crippen LogP contribution in [0, 0.1) is 17.7 Å². The van der Waals surface area contributed by atoms with Crippen LogP contribution < -0.4 is 0 Å². The molecule has 1 aromatic rings. The van der Waals surface area contributed by atoms with Crippen LogP contribution >= 0.6 is 0 Å². The zero-order valence-corrected chi connectivity index (χ0v) is 12.0. The van der Waals surface area contributed by atoms with Crippen molar-refractivity contribution in [2.24, 2.45) is 0 Å². The first-order chi connectivity index (χ1) is 9.74. The highest BCUT2D eigenvalue weighted by atomic mass is 19.1. The minimum Gasteiger partial charge on any atom is -0.384 e. The van der Waals surface area contributed by atoms with Gasteiger partial charge in [0.2, 0.25) is 0 Å². The number of hydrogen-bond acceptors (Lipinski definition) is 2. The van der Waals surface area contributed by atoms with Gasteiger partial charge in [-0.05, 0) is 43.5 Å². The fourth-order valence-electron chi connectivity index (χ4n) is 2.35. The van der Waals surface area contributed by atoms with Gasteiger partial charge in [-0.15, -0.1) is 0 Å². The second kappa shape index (κ2) is 7.42. The Hall–Kier alpha value is -1.37. The lowest BCUT2D eigenvalue weighted by molar-refractivity contribution is 0.250. The number of halogens is 1. The Kier molecular flexibility index (Phi) is 5.58. The second-order valence-corrected chi connectivity index (χ2v) is 5.32. The van der Waals surface area contributed by atoms with Gasteiger partial charge in [-0.2, -0.15) is 0 Å². The highest BCUT2D eigenvalue weighted by molar-refractivity contribution is 5.41. The highest BCUT2D eigenvalue weighted by Gasteiger charge is 2.28. The standard InChI is InChI=1S/C17H22FNO/c1-2-3-10-19(17-8-9-17)13-15-6-7-16(18)12-14(15)5-4-11-20/h6-7,12,17,20H,2-3,8-11,13H2,1H3. The monoisotopic (exact) mass is 275 g/mol. The largest absolute Gasteiger partial charge is 0.384 e. The molecule has 0 atom stereocenters. The third-order valence-corrected chi connectivity index (χ3v) is 3.61. The first-order valence-electron chi connectivity index (χ1n) is 7.36. The molecule has 1 saturated carbocycles.